The van der Waals surface area contributed by atoms with Gasteiger partial charge in [0.05, 0.1) is 29.2 Å². The van der Waals surface area contributed by atoms with Gasteiger partial charge in [-0.2, -0.15) is 10.4 Å². The summed E-state index contributed by atoms with van der Waals surface area (Å²) in [5.74, 6) is 0. The molecule has 0 bridgehead atoms. The Bertz CT molecular complexity index is 637. The molecule has 0 aliphatic rings. The maximum atomic E-state index is 9.46. The fraction of sp³-hybridized carbons (Fsp3) is 0.412. The van der Waals surface area contributed by atoms with E-state index in [2.05, 4.69) is 23.0 Å². The van der Waals surface area contributed by atoms with Gasteiger partial charge < -0.3 is 5.11 Å². The lowest BCUT2D eigenvalue weighted by atomic mass is 10.2. The van der Waals surface area contributed by atoms with E-state index in [1.807, 2.05) is 41.9 Å². The van der Waals surface area contributed by atoms with E-state index in [-0.39, 0.29) is 6.61 Å². The number of aromatic nitrogens is 2. The van der Waals surface area contributed by atoms with Crippen LogP contribution in [0.5, 0.6) is 0 Å². The average molecular weight is 298 g/mol. The molecule has 1 aromatic heterocycles. The van der Waals surface area contributed by atoms with Gasteiger partial charge in [-0.05, 0) is 32.0 Å². The van der Waals surface area contributed by atoms with Crippen LogP contribution in [0.4, 0.5) is 0 Å². The topological polar surface area (TPSA) is 65.1 Å². The van der Waals surface area contributed by atoms with Crippen LogP contribution in [-0.4, -0.2) is 39.5 Å². The second-order valence-corrected chi connectivity index (χ2v) is 5.27. The van der Waals surface area contributed by atoms with Gasteiger partial charge in [0.15, 0.2) is 0 Å². The summed E-state index contributed by atoms with van der Waals surface area (Å²) in [4.78, 5) is 2.15. The van der Waals surface area contributed by atoms with Crippen LogP contribution in [0, 0.1) is 18.3 Å². The molecule has 0 amide bonds. The summed E-state index contributed by atoms with van der Waals surface area (Å²) >= 11 is 0. The van der Waals surface area contributed by atoms with E-state index < -0.39 is 0 Å². The lowest BCUT2D eigenvalue weighted by Gasteiger charge is -2.21. The highest BCUT2D eigenvalue weighted by Gasteiger charge is 2.18. The molecule has 0 saturated heterocycles. The number of benzene rings is 1. The number of nitriles is 1. The Labute approximate surface area is 131 Å². The largest absolute Gasteiger partial charge is 0.395 e. The van der Waals surface area contributed by atoms with Gasteiger partial charge in [-0.1, -0.05) is 25.1 Å². The Morgan fingerprint density at radius 1 is 1.27 bits per heavy atom. The maximum absolute atomic E-state index is 9.46. The van der Waals surface area contributed by atoms with E-state index in [9.17, 15) is 10.4 Å². The number of nitrogens with zero attached hydrogens (tertiary/aromatic N) is 4. The second kappa shape index (κ2) is 7.74. The Morgan fingerprint density at radius 3 is 2.59 bits per heavy atom. The van der Waals surface area contributed by atoms with Crippen molar-refractivity contribution in [2.24, 2.45) is 0 Å². The molecule has 5 heteroatoms. The molecule has 22 heavy (non-hydrogen) atoms. The summed E-state index contributed by atoms with van der Waals surface area (Å²) in [6.45, 7) is 6.16. The van der Waals surface area contributed by atoms with Crippen molar-refractivity contribution < 1.29 is 5.11 Å². The first kappa shape index (κ1) is 16.2. The zero-order chi connectivity index (χ0) is 15.9. The standard InChI is InChI=1S/C17H22N4O/c1-3-9-20(10-11-22)13-17-16(12-18)14(2)19-21(17)15-7-5-4-6-8-15/h4-8,22H,3,9-11,13H2,1-2H3. The first-order chi connectivity index (χ1) is 10.7. The van der Waals surface area contributed by atoms with E-state index in [0.717, 1.165) is 30.0 Å². The van der Waals surface area contributed by atoms with Gasteiger partial charge in [-0.25, -0.2) is 4.68 Å². The first-order valence-electron chi connectivity index (χ1n) is 7.58. The summed E-state index contributed by atoms with van der Waals surface area (Å²) in [5.41, 5.74) is 3.19. The van der Waals surface area contributed by atoms with Crippen molar-refractivity contribution in [3.8, 4) is 11.8 Å². The summed E-state index contributed by atoms with van der Waals surface area (Å²) in [6.07, 6.45) is 1.00. The Balaban J connectivity index is 2.42. The van der Waals surface area contributed by atoms with Gasteiger partial charge in [0.25, 0.3) is 0 Å². The predicted molar refractivity (Wildman–Crippen MR) is 85.7 cm³/mol. The van der Waals surface area contributed by atoms with Crippen LogP contribution in [0.15, 0.2) is 30.3 Å². The van der Waals surface area contributed by atoms with Crippen molar-refractivity contribution in [2.75, 3.05) is 19.7 Å². The summed E-state index contributed by atoms with van der Waals surface area (Å²) in [6, 6.07) is 12.1. The minimum absolute atomic E-state index is 0.111. The lowest BCUT2D eigenvalue weighted by molar-refractivity contribution is 0.188. The van der Waals surface area contributed by atoms with E-state index in [0.29, 0.717) is 18.7 Å². The summed E-state index contributed by atoms with van der Waals surface area (Å²) in [5, 5.41) is 23.2. The van der Waals surface area contributed by atoms with Crippen LogP contribution in [0.25, 0.3) is 5.69 Å². The third kappa shape index (κ3) is 3.53. The van der Waals surface area contributed by atoms with Gasteiger partial charge in [-0.15, -0.1) is 0 Å². The van der Waals surface area contributed by atoms with E-state index in [4.69, 9.17) is 0 Å². The van der Waals surface area contributed by atoms with E-state index in [1.54, 1.807) is 0 Å². The molecule has 1 heterocycles. The van der Waals surface area contributed by atoms with E-state index >= 15 is 0 Å². The van der Waals surface area contributed by atoms with Gasteiger partial charge in [0.2, 0.25) is 0 Å². The third-order valence-electron chi connectivity index (χ3n) is 3.60. The minimum Gasteiger partial charge on any atom is -0.395 e. The second-order valence-electron chi connectivity index (χ2n) is 5.27. The molecule has 2 aromatic rings. The van der Waals surface area contributed by atoms with Gasteiger partial charge in [-0.3, -0.25) is 4.90 Å². The third-order valence-corrected chi connectivity index (χ3v) is 3.60. The Hall–Kier alpha value is -2.16. The zero-order valence-electron chi connectivity index (χ0n) is 13.2. The molecule has 0 saturated carbocycles. The monoisotopic (exact) mass is 298 g/mol. The SMILES string of the molecule is CCCN(CCO)Cc1c(C#N)c(C)nn1-c1ccccc1. The van der Waals surface area contributed by atoms with Crippen molar-refractivity contribution in [1.82, 2.24) is 14.7 Å². The molecule has 0 aliphatic heterocycles. The van der Waals surface area contributed by atoms with Crippen LogP contribution in [-0.2, 0) is 6.54 Å². The summed E-state index contributed by atoms with van der Waals surface area (Å²) in [7, 11) is 0. The van der Waals surface area contributed by atoms with Gasteiger partial charge in [0.1, 0.15) is 6.07 Å². The number of aliphatic hydroxyl groups excluding tert-OH is 1. The molecule has 1 N–H and O–H groups in total. The van der Waals surface area contributed by atoms with Crippen LogP contribution in [0.1, 0.15) is 30.3 Å². The molecule has 0 radical (unpaired) electrons. The Morgan fingerprint density at radius 2 is 2.00 bits per heavy atom. The molecule has 0 atom stereocenters. The number of hydrogen-bond donors (Lipinski definition) is 1. The molecule has 2 rings (SSSR count). The zero-order valence-corrected chi connectivity index (χ0v) is 13.2. The summed E-state index contributed by atoms with van der Waals surface area (Å²) < 4.78 is 1.84. The van der Waals surface area contributed by atoms with Crippen LogP contribution in [0.2, 0.25) is 0 Å². The number of rotatable bonds is 7. The highest BCUT2D eigenvalue weighted by Crippen LogP contribution is 2.19. The Kier molecular flexibility index (Phi) is 5.70. The number of aliphatic hydroxyl groups is 1. The minimum atomic E-state index is 0.111. The van der Waals surface area contributed by atoms with Crippen molar-refractivity contribution in [1.29, 1.82) is 5.26 Å². The molecule has 1 aromatic carbocycles. The lowest BCUT2D eigenvalue weighted by Crippen LogP contribution is -2.28. The predicted octanol–water partition coefficient (Wildman–Crippen LogP) is 2.26. The molecule has 5 nitrogen and oxygen atoms in total. The fourth-order valence-corrected chi connectivity index (χ4v) is 2.59. The van der Waals surface area contributed by atoms with Crippen LogP contribution in [0.3, 0.4) is 0 Å². The molecule has 0 aliphatic carbocycles. The number of aryl methyl sites for hydroxylation is 1. The normalized spacial score (nSPS) is 10.9. The molecular formula is C17H22N4O. The number of para-hydroxylation sites is 1. The van der Waals surface area contributed by atoms with Gasteiger partial charge >= 0.3 is 0 Å². The smallest absolute Gasteiger partial charge is 0.103 e. The average Bonchev–Trinajstić information content (AvgIpc) is 2.84. The van der Waals surface area contributed by atoms with E-state index in [1.165, 1.54) is 0 Å². The van der Waals surface area contributed by atoms with Gasteiger partial charge in [0, 0.05) is 13.1 Å². The molecule has 0 spiro atoms. The maximum Gasteiger partial charge on any atom is 0.103 e. The molecular weight excluding hydrogens is 276 g/mol. The molecule has 0 unspecified atom stereocenters. The quantitative estimate of drug-likeness (QED) is 0.851. The van der Waals surface area contributed by atoms with Crippen LogP contribution < -0.4 is 0 Å². The highest BCUT2D eigenvalue weighted by atomic mass is 16.3. The molecule has 0 fully saturated rings. The van der Waals surface area contributed by atoms with Crippen molar-refractivity contribution in [3.63, 3.8) is 0 Å². The fourth-order valence-electron chi connectivity index (χ4n) is 2.59. The molecule has 116 valence electrons. The number of hydrogen-bond acceptors (Lipinski definition) is 4. The van der Waals surface area contributed by atoms with Crippen molar-refractivity contribution in [3.05, 3.63) is 47.3 Å². The van der Waals surface area contributed by atoms with Crippen LogP contribution >= 0.6 is 0 Å². The first-order valence-corrected chi connectivity index (χ1v) is 7.58. The van der Waals surface area contributed by atoms with Crippen molar-refractivity contribution >= 4 is 0 Å². The highest BCUT2D eigenvalue weighted by molar-refractivity contribution is 5.43. The van der Waals surface area contributed by atoms with Crippen molar-refractivity contribution in [2.45, 2.75) is 26.8 Å².